The maximum Gasteiger partial charge on any atom is 0.310 e. The molecule has 1 atom stereocenters. The van der Waals surface area contributed by atoms with Crippen molar-refractivity contribution in [1.82, 2.24) is 4.90 Å². The van der Waals surface area contributed by atoms with Crippen molar-refractivity contribution >= 4 is 11.9 Å². The molecular weight excluding hydrogens is 218 g/mol. The molecule has 0 bridgehead atoms. The second-order valence-corrected chi connectivity index (χ2v) is 5.13. The third-order valence-electron chi connectivity index (χ3n) is 3.24. The predicted molar refractivity (Wildman–Crippen MR) is 65.4 cm³/mol. The number of methoxy groups -OCH3 is 1. The maximum atomic E-state index is 11.9. The van der Waals surface area contributed by atoms with E-state index >= 15 is 0 Å². The number of likely N-dealkylation sites (tertiary alicyclic amines) is 1. The molecule has 0 radical (unpaired) electrons. The molecule has 4 nitrogen and oxygen atoms in total. The number of rotatable bonds is 4. The molecule has 1 rings (SSSR count). The summed E-state index contributed by atoms with van der Waals surface area (Å²) in [5.41, 5.74) is 0. The lowest BCUT2D eigenvalue weighted by molar-refractivity contribution is -0.149. The third-order valence-corrected chi connectivity index (χ3v) is 3.24. The lowest BCUT2D eigenvalue weighted by atomic mass is 9.97. The van der Waals surface area contributed by atoms with E-state index in [1.54, 1.807) is 0 Å². The number of hydrogen-bond acceptors (Lipinski definition) is 3. The van der Waals surface area contributed by atoms with Crippen LogP contribution < -0.4 is 0 Å². The van der Waals surface area contributed by atoms with Gasteiger partial charge in [-0.2, -0.15) is 0 Å². The van der Waals surface area contributed by atoms with Crippen molar-refractivity contribution in [3.05, 3.63) is 0 Å². The van der Waals surface area contributed by atoms with E-state index in [9.17, 15) is 9.59 Å². The Hall–Kier alpha value is -1.06. The van der Waals surface area contributed by atoms with Crippen LogP contribution in [0.3, 0.4) is 0 Å². The number of hydrogen-bond donors (Lipinski definition) is 0. The minimum atomic E-state index is -0.189. The molecule has 0 unspecified atom stereocenters. The zero-order chi connectivity index (χ0) is 12.8. The Morgan fingerprint density at radius 3 is 2.71 bits per heavy atom. The molecule has 0 aromatic rings. The van der Waals surface area contributed by atoms with E-state index in [0.29, 0.717) is 18.9 Å². The summed E-state index contributed by atoms with van der Waals surface area (Å²) in [5, 5.41) is 0. The van der Waals surface area contributed by atoms with Gasteiger partial charge in [0.15, 0.2) is 0 Å². The number of nitrogens with zero attached hydrogens (tertiary/aromatic N) is 1. The first-order chi connectivity index (χ1) is 8.04. The number of piperidine rings is 1. The molecule has 0 N–H and O–H groups in total. The van der Waals surface area contributed by atoms with Crippen molar-refractivity contribution in [3.8, 4) is 0 Å². The molecule has 1 aliphatic rings. The summed E-state index contributed by atoms with van der Waals surface area (Å²) in [4.78, 5) is 25.2. The van der Waals surface area contributed by atoms with Crippen molar-refractivity contribution in [2.75, 3.05) is 20.2 Å². The topological polar surface area (TPSA) is 46.6 Å². The first-order valence-electron chi connectivity index (χ1n) is 6.40. The Kier molecular flexibility index (Phi) is 5.45. The van der Waals surface area contributed by atoms with Crippen molar-refractivity contribution in [1.29, 1.82) is 0 Å². The molecule has 1 saturated heterocycles. The summed E-state index contributed by atoms with van der Waals surface area (Å²) < 4.78 is 4.74. The fraction of sp³-hybridized carbons (Fsp3) is 0.846. The first-order valence-corrected chi connectivity index (χ1v) is 6.40. The minimum Gasteiger partial charge on any atom is -0.469 e. The van der Waals surface area contributed by atoms with Crippen LogP contribution in [0, 0.1) is 11.8 Å². The van der Waals surface area contributed by atoms with E-state index in [1.165, 1.54) is 7.11 Å². The molecule has 0 aromatic heterocycles. The van der Waals surface area contributed by atoms with Crippen LogP contribution >= 0.6 is 0 Å². The molecule has 1 heterocycles. The Morgan fingerprint density at radius 2 is 2.12 bits per heavy atom. The van der Waals surface area contributed by atoms with Crippen molar-refractivity contribution in [2.24, 2.45) is 11.8 Å². The quantitative estimate of drug-likeness (QED) is 0.705. The Morgan fingerprint density at radius 1 is 1.41 bits per heavy atom. The van der Waals surface area contributed by atoms with Crippen LogP contribution in [0.4, 0.5) is 0 Å². The Balaban J connectivity index is 2.43. The summed E-state index contributed by atoms with van der Waals surface area (Å²) in [6.45, 7) is 5.54. The summed E-state index contributed by atoms with van der Waals surface area (Å²) in [6.07, 6.45) is 3.23. The second kappa shape index (κ2) is 6.62. The van der Waals surface area contributed by atoms with Gasteiger partial charge in [0.25, 0.3) is 0 Å². The largest absolute Gasteiger partial charge is 0.469 e. The number of ether oxygens (including phenoxy) is 1. The van der Waals surface area contributed by atoms with Crippen LogP contribution in [0.15, 0.2) is 0 Å². The van der Waals surface area contributed by atoms with Gasteiger partial charge in [-0.3, -0.25) is 9.59 Å². The van der Waals surface area contributed by atoms with Gasteiger partial charge in [0.2, 0.25) is 5.91 Å². The molecule has 1 fully saturated rings. The molecule has 98 valence electrons. The van der Waals surface area contributed by atoms with E-state index in [2.05, 4.69) is 13.8 Å². The van der Waals surface area contributed by atoms with Crippen molar-refractivity contribution < 1.29 is 14.3 Å². The van der Waals surface area contributed by atoms with Crippen LogP contribution in [0.2, 0.25) is 0 Å². The van der Waals surface area contributed by atoms with Crippen molar-refractivity contribution in [3.63, 3.8) is 0 Å². The summed E-state index contributed by atoms with van der Waals surface area (Å²) in [7, 11) is 1.40. The van der Waals surface area contributed by atoms with Crippen LogP contribution in [-0.2, 0) is 14.3 Å². The lowest BCUT2D eigenvalue weighted by Gasteiger charge is -2.31. The number of carbonyl (C=O) groups excluding carboxylic acids is 2. The first kappa shape index (κ1) is 14.0. The molecule has 0 aromatic carbocycles. The third kappa shape index (κ3) is 4.36. The van der Waals surface area contributed by atoms with E-state index in [1.807, 2.05) is 4.90 Å². The highest BCUT2D eigenvalue weighted by Crippen LogP contribution is 2.19. The zero-order valence-electron chi connectivity index (χ0n) is 11.1. The molecule has 17 heavy (non-hydrogen) atoms. The van der Waals surface area contributed by atoms with Gasteiger partial charge in [-0.05, 0) is 25.2 Å². The summed E-state index contributed by atoms with van der Waals surface area (Å²) in [6, 6.07) is 0. The van der Waals surface area contributed by atoms with Crippen LogP contribution in [0.25, 0.3) is 0 Å². The Labute approximate surface area is 103 Å². The fourth-order valence-corrected chi connectivity index (χ4v) is 2.13. The highest BCUT2D eigenvalue weighted by Gasteiger charge is 2.28. The molecule has 0 spiro atoms. The van der Waals surface area contributed by atoms with Gasteiger partial charge in [0, 0.05) is 19.5 Å². The van der Waals surface area contributed by atoms with E-state index in [-0.39, 0.29) is 17.8 Å². The average Bonchev–Trinajstić information content (AvgIpc) is 2.35. The molecule has 1 aliphatic heterocycles. The highest BCUT2D eigenvalue weighted by atomic mass is 16.5. The number of amides is 1. The fourth-order valence-electron chi connectivity index (χ4n) is 2.13. The monoisotopic (exact) mass is 241 g/mol. The van der Waals surface area contributed by atoms with Crippen LogP contribution in [0.1, 0.15) is 39.5 Å². The number of esters is 1. The van der Waals surface area contributed by atoms with Gasteiger partial charge in [0.1, 0.15) is 0 Å². The second-order valence-electron chi connectivity index (χ2n) is 5.13. The SMILES string of the molecule is COC(=O)[C@H]1CCCN(C(=O)CCC(C)C)C1. The van der Waals surface area contributed by atoms with Gasteiger partial charge in [0.05, 0.1) is 13.0 Å². The normalized spacial score (nSPS) is 20.5. The van der Waals surface area contributed by atoms with Gasteiger partial charge in [-0.25, -0.2) is 0 Å². The van der Waals surface area contributed by atoms with E-state index < -0.39 is 0 Å². The maximum absolute atomic E-state index is 11.9. The smallest absolute Gasteiger partial charge is 0.310 e. The van der Waals surface area contributed by atoms with E-state index in [0.717, 1.165) is 25.8 Å². The minimum absolute atomic E-state index is 0.128. The standard InChI is InChI=1S/C13H23NO3/c1-10(2)6-7-12(15)14-8-4-5-11(9-14)13(16)17-3/h10-11H,4-9H2,1-3H3/t11-/m0/s1. The molecule has 1 amide bonds. The summed E-state index contributed by atoms with van der Waals surface area (Å²) >= 11 is 0. The van der Waals surface area contributed by atoms with Crippen LogP contribution in [-0.4, -0.2) is 37.0 Å². The van der Waals surface area contributed by atoms with E-state index in [4.69, 9.17) is 4.74 Å². The molecule has 0 aliphatic carbocycles. The molecular formula is C13H23NO3. The zero-order valence-corrected chi connectivity index (χ0v) is 11.1. The van der Waals surface area contributed by atoms with Crippen LogP contribution in [0.5, 0.6) is 0 Å². The number of carbonyl (C=O) groups is 2. The summed E-state index contributed by atoms with van der Waals surface area (Å²) in [5.74, 6) is 0.399. The van der Waals surface area contributed by atoms with Crippen molar-refractivity contribution in [2.45, 2.75) is 39.5 Å². The molecule has 0 saturated carbocycles. The Bertz CT molecular complexity index is 276. The predicted octanol–water partition coefficient (Wildman–Crippen LogP) is 1.83. The lowest BCUT2D eigenvalue weighted by Crippen LogP contribution is -2.42. The van der Waals surface area contributed by atoms with Gasteiger partial charge < -0.3 is 9.64 Å². The molecule has 4 heteroatoms. The van der Waals surface area contributed by atoms with Gasteiger partial charge in [-0.1, -0.05) is 13.8 Å². The average molecular weight is 241 g/mol. The van der Waals surface area contributed by atoms with Gasteiger partial charge >= 0.3 is 5.97 Å². The highest BCUT2D eigenvalue weighted by molar-refractivity contribution is 5.78. The van der Waals surface area contributed by atoms with Gasteiger partial charge in [-0.15, -0.1) is 0 Å².